The van der Waals surface area contributed by atoms with E-state index in [1.165, 1.54) is 24.3 Å². The summed E-state index contributed by atoms with van der Waals surface area (Å²) in [5.41, 5.74) is 11.5. The molecule has 0 bridgehead atoms. The number of ketones is 1. The Hall–Kier alpha value is -1.26. The van der Waals surface area contributed by atoms with Crippen molar-refractivity contribution in [1.29, 1.82) is 0 Å². The number of carbonyl (C=O) groups excluding carboxylic acids is 1. The molecule has 1 fully saturated rings. The van der Waals surface area contributed by atoms with Crippen LogP contribution in [0.2, 0.25) is 0 Å². The number of Topliss-reactive ketones (excluding diaryl/α,β-unsaturated/α-hetero) is 1. The smallest absolute Gasteiger partial charge is 0.169 e. The Morgan fingerprint density at radius 1 is 1.24 bits per heavy atom. The SMILES string of the molecule is NC1(N)CCCCC1C(=O)c1ccc(F)cc1. The van der Waals surface area contributed by atoms with Crippen LogP contribution in [0, 0.1) is 11.7 Å². The van der Waals surface area contributed by atoms with Gasteiger partial charge in [0.1, 0.15) is 5.82 Å². The van der Waals surface area contributed by atoms with Gasteiger partial charge >= 0.3 is 0 Å². The van der Waals surface area contributed by atoms with Crippen LogP contribution in [0.15, 0.2) is 24.3 Å². The van der Waals surface area contributed by atoms with E-state index in [1.54, 1.807) is 0 Å². The standard InChI is InChI=1S/C13H17FN2O/c14-10-6-4-9(5-7-10)12(17)11-3-1-2-8-13(11,15)16/h4-7,11H,1-3,8,15-16H2. The molecule has 0 spiro atoms. The Bertz CT molecular complexity index is 414. The lowest BCUT2D eigenvalue weighted by Crippen LogP contribution is -2.59. The van der Waals surface area contributed by atoms with Gasteiger partial charge in [-0.3, -0.25) is 4.79 Å². The number of rotatable bonds is 2. The van der Waals surface area contributed by atoms with Gasteiger partial charge in [0.15, 0.2) is 5.78 Å². The maximum atomic E-state index is 12.8. The van der Waals surface area contributed by atoms with Crippen LogP contribution in [0.25, 0.3) is 0 Å². The molecule has 0 radical (unpaired) electrons. The molecule has 1 unspecified atom stereocenters. The highest BCUT2D eigenvalue weighted by Crippen LogP contribution is 2.30. The number of hydrogen-bond donors (Lipinski definition) is 2. The van der Waals surface area contributed by atoms with Crippen molar-refractivity contribution in [3.8, 4) is 0 Å². The van der Waals surface area contributed by atoms with Crippen LogP contribution >= 0.6 is 0 Å². The molecule has 4 N–H and O–H groups in total. The summed E-state index contributed by atoms with van der Waals surface area (Å²) in [4.78, 5) is 12.2. The highest BCUT2D eigenvalue weighted by molar-refractivity contribution is 5.98. The van der Waals surface area contributed by atoms with Crippen LogP contribution < -0.4 is 11.5 Å². The molecule has 0 aliphatic heterocycles. The van der Waals surface area contributed by atoms with E-state index in [9.17, 15) is 9.18 Å². The molecule has 1 atom stereocenters. The van der Waals surface area contributed by atoms with Gasteiger partial charge in [0.25, 0.3) is 0 Å². The van der Waals surface area contributed by atoms with Gasteiger partial charge in [-0.2, -0.15) is 0 Å². The lowest BCUT2D eigenvalue weighted by Gasteiger charge is -2.37. The van der Waals surface area contributed by atoms with Crippen molar-refractivity contribution in [2.24, 2.45) is 17.4 Å². The molecule has 0 saturated heterocycles. The van der Waals surface area contributed by atoms with Crippen LogP contribution in [-0.2, 0) is 0 Å². The predicted octanol–water partition coefficient (Wildman–Crippen LogP) is 1.81. The molecule has 2 rings (SSSR count). The summed E-state index contributed by atoms with van der Waals surface area (Å²) in [6.45, 7) is 0. The molecule has 0 heterocycles. The first-order valence-electron chi connectivity index (χ1n) is 5.88. The van der Waals surface area contributed by atoms with Gasteiger partial charge in [-0.15, -0.1) is 0 Å². The van der Waals surface area contributed by atoms with E-state index >= 15 is 0 Å². The van der Waals surface area contributed by atoms with Crippen molar-refractivity contribution in [3.05, 3.63) is 35.6 Å². The largest absolute Gasteiger partial charge is 0.313 e. The zero-order valence-electron chi connectivity index (χ0n) is 9.66. The fourth-order valence-corrected chi connectivity index (χ4v) is 2.41. The van der Waals surface area contributed by atoms with Gasteiger partial charge in [0.05, 0.1) is 11.6 Å². The van der Waals surface area contributed by atoms with Gasteiger partial charge < -0.3 is 11.5 Å². The molecular weight excluding hydrogens is 219 g/mol. The third-order valence-electron chi connectivity index (χ3n) is 3.45. The minimum atomic E-state index is -0.927. The Morgan fingerprint density at radius 2 is 1.88 bits per heavy atom. The Kier molecular flexibility index (Phi) is 3.26. The van der Waals surface area contributed by atoms with Gasteiger partial charge in [-0.25, -0.2) is 4.39 Å². The summed E-state index contributed by atoms with van der Waals surface area (Å²) in [6.07, 6.45) is 3.29. The molecule has 1 aromatic rings. The second-order valence-electron chi connectivity index (χ2n) is 4.78. The van der Waals surface area contributed by atoms with Crippen LogP contribution in [-0.4, -0.2) is 11.4 Å². The molecule has 17 heavy (non-hydrogen) atoms. The summed E-state index contributed by atoms with van der Waals surface area (Å²) in [6, 6.07) is 5.54. The highest BCUT2D eigenvalue weighted by Gasteiger charge is 2.38. The van der Waals surface area contributed by atoms with E-state index in [0.29, 0.717) is 18.4 Å². The lowest BCUT2D eigenvalue weighted by molar-refractivity contribution is 0.0790. The average Bonchev–Trinajstić information content (AvgIpc) is 2.28. The maximum absolute atomic E-state index is 12.8. The third kappa shape index (κ3) is 2.53. The fourth-order valence-electron chi connectivity index (χ4n) is 2.41. The normalized spacial score (nSPS) is 23.4. The Labute approximate surface area is 100.0 Å². The molecular formula is C13H17FN2O. The van der Waals surface area contributed by atoms with Crippen molar-refractivity contribution in [3.63, 3.8) is 0 Å². The first kappa shape index (κ1) is 12.2. The summed E-state index contributed by atoms with van der Waals surface area (Å²) in [7, 11) is 0. The molecule has 0 aromatic heterocycles. The molecule has 1 saturated carbocycles. The minimum absolute atomic E-state index is 0.0744. The Morgan fingerprint density at radius 3 is 2.47 bits per heavy atom. The van der Waals surface area contributed by atoms with E-state index in [0.717, 1.165) is 12.8 Å². The summed E-state index contributed by atoms with van der Waals surface area (Å²) >= 11 is 0. The van der Waals surface area contributed by atoms with Gasteiger partial charge in [-0.1, -0.05) is 12.8 Å². The number of benzene rings is 1. The molecule has 0 amide bonds. The topological polar surface area (TPSA) is 69.1 Å². The van der Waals surface area contributed by atoms with Gasteiger partial charge in [0, 0.05) is 5.56 Å². The van der Waals surface area contributed by atoms with Crippen LogP contribution in [0.1, 0.15) is 36.0 Å². The predicted molar refractivity (Wildman–Crippen MR) is 63.8 cm³/mol. The van der Waals surface area contributed by atoms with Crippen molar-refractivity contribution in [2.75, 3.05) is 0 Å². The molecule has 4 heteroatoms. The second-order valence-corrected chi connectivity index (χ2v) is 4.78. The minimum Gasteiger partial charge on any atom is -0.313 e. The first-order valence-corrected chi connectivity index (χ1v) is 5.88. The fraction of sp³-hybridized carbons (Fsp3) is 0.462. The van der Waals surface area contributed by atoms with Crippen molar-refractivity contribution >= 4 is 5.78 Å². The van der Waals surface area contributed by atoms with E-state index in [-0.39, 0.29) is 17.5 Å². The molecule has 1 aliphatic carbocycles. The monoisotopic (exact) mass is 236 g/mol. The first-order chi connectivity index (χ1) is 8.00. The molecule has 1 aliphatic rings. The summed E-state index contributed by atoms with van der Waals surface area (Å²) in [5.74, 6) is -0.784. The van der Waals surface area contributed by atoms with Crippen molar-refractivity contribution < 1.29 is 9.18 Å². The van der Waals surface area contributed by atoms with E-state index in [1.807, 2.05) is 0 Å². The van der Waals surface area contributed by atoms with Gasteiger partial charge in [0.2, 0.25) is 0 Å². The molecule has 92 valence electrons. The maximum Gasteiger partial charge on any atom is 0.169 e. The van der Waals surface area contributed by atoms with Crippen molar-refractivity contribution in [1.82, 2.24) is 0 Å². The number of hydrogen-bond acceptors (Lipinski definition) is 3. The third-order valence-corrected chi connectivity index (χ3v) is 3.45. The van der Waals surface area contributed by atoms with E-state index < -0.39 is 5.66 Å². The highest BCUT2D eigenvalue weighted by atomic mass is 19.1. The van der Waals surface area contributed by atoms with Crippen LogP contribution in [0.5, 0.6) is 0 Å². The van der Waals surface area contributed by atoms with Crippen molar-refractivity contribution in [2.45, 2.75) is 31.3 Å². The Balaban J connectivity index is 2.21. The summed E-state index contributed by atoms with van der Waals surface area (Å²) in [5, 5.41) is 0. The molecule has 1 aromatic carbocycles. The van der Waals surface area contributed by atoms with Crippen LogP contribution in [0.3, 0.4) is 0 Å². The molecule has 3 nitrogen and oxygen atoms in total. The zero-order valence-corrected chi connectivity index (χ0v) is 9.66. The number of halogens is 1. The van der Waals surface area contributed by atoms with Gasteiger partial charge in [-0.05, 0) is 37.1 Å². The van der Waals surface area contributed by atoms with Crippen LogP contribution in [0.4, 0.5) is 4.39 Å². The van der Waals surface area contributed by atoms with E-state index in [2.05, 4.69) is 0 Å². The van der Waals surface area contributed by atoms with E-state index in [4.69, 9.17) is 11.5 Å². The number of nitrogens with two attached hydrogens (primary N) is 2. The quantitative estimate of drug-likeness (QED) is 0.607. The second kappa shape index (κ2) is 4.55. The lowest BCUT2D eigenvalue weighted by atomic mass is 9.76. The average molecular weight is 236 g/mol. The summed E-state index contributed by atoms with van der Waals surface area (Å²) < 4.78 is 12.8. The number of carbonyl (C=O) groups is 1. The zero-order chi connectivity index (χ0) is 12.5.